The van der Waals surface area contributed by atoms with E-state index in [2.05, 4.69) is 5.32 Å². The second-order valence-corrected chi connectivity index (χ2v) is 4.06. The van der Waals surface area contributed by atoms with E-state index in [1.165, 1.54) is 0 Å². The Morgan fingerprint density at radius 3 is 2.82 bits per heavy atom. The molecule has 0 aliphatic heterocycles. The number of benzene rings is 1. The van der Waals surface area contributed by atoms with Crippen LogP contribution in [-0.2, 0) is 13.1 Å². The number of furan rings is 1. The van der Waals surface area contributed by atoms with Crippen LogP contribution in [0.3, 0.4) is 0 Å². The van der Waals surface area contributed by atoms with Crippen molar-refractivity contribution in [2.75, 3.05) is 7.11 Å². The van der Waals surface area contributed by atoms with Gasteiger partial charge in [0.05, 0.1) is 24.9 Å². The Balaban J connectivity index is 1.89. The molecule has 0 saturated heterocycles. The van der Waals surface area contributed by atoms with Crippen molar-refractivity contribution in [3.05, 3.63) is 52.9 Å². The van der Waals surface area contributed by atoms with Crippen LogP contribution >= 0.6 is 11.6 Å². The van der Waals surface area contributed by atoms with Crippen molar-refractivity contribution in [2.24, 2.45) is 0 Å². The largest absolute Gasteiger partial charge is 0.495 e. The lowest BCUT2D eigenvalue weighted by molar-refractivity contribution is 0.414. The van der Waals surface area contributed by atoms with Gasteiger partial charge in [0, 0.05) is 6.54 Å². The summed E-state index contributed by atoms with van der Waals surface area (Å²) in [7, 11) is 1.61. The molecule has 2 aromatic rings. The van der Waals surface area contributed by atoms with Crippen molar-refractivity contribution in [1.82, 2.24) is 5.32 Å². The Kier molecular flexibility index (Phi) is 4.07. The van der Waals surface area contributed by atoms with E-state index in [4.69, 9.17) is 20.8 Å². The van der Waals surface area contributed by atoms with E-state index in [0.29, 0.717) is 17.3 Å². The van der Waals surface area contributed by atoms with E-state index >= 15 is 0 Å². The van der Waals surface area contributed by atoms with Crippen molar-refractivity contribution >= 4 is 11.6 Å². The van der Waals surface area contributed by atoms with Gasteiger partial charge in [-0.15, -0.1) is 0 Å². The minimum atomic E-state index is 0.629. The maximum Gasteiger partial charge on any atom is 0.137 e. The number of hydrogen-bond acceptors (Lipinski definition) is 3. The molecule has 2 rings (SSSR count). The van der Waals surface area contributed by atoms with Crippen LogP contribution in [0.2, 0.25) is 5.02 Å². The first-order chi connectivity index (χ1) is 8.29. The van der Waals surface area contributed by atoms with Gasteiger partial charge in [0.25, 0.3) is 0 Å². The zero-order chi connectivity index (χ0) is 12.1. The monoisotopic (exact) mass is 251 g/mol. The highest BCUT2D eigenvalue weighted by atomic mass is 35.5. The third-order valence-corrected chi connectivity index (χ3v) is 2.72. The minimum Gasteiger partial charge on any atom is -0.495 e. The number of methoxy groups -OCH3 is 1. The molecule has 3 nitrogen and oxygen atoms in total. The van der Waals surface area contributed by atoms with E-state index in [9.17, 15) is 0 Å². The molecule has 0 radical (unpaired) electrons. The maximum atomic E-state index is 6.04. The molecule has 4 heteroatoms. The minimum absolute atomic E-state index is 0.629. The zero-order valence-corrected chi connectivity index (χ0v) is 10.3. The molecule has 1 aromatic heterocycles. The fourth-order valence-electron chi connectivity index (χ4n) is 1.56. The molecule has 0 saturated carbocycles. The van der Waals surface area contributed by atoms with E-state index in [0.717, 1.165) is 17.9 Å². The van der Waals surface area contributed by atoms with Gasteiger partial charge in [-0.25, -0.2) is 0 Å². The molecule has 0 atom stereocenters. The van der Waals surface area contributed by atoms with Crippen LogP contribution in [0.15, 0.2) is 41.0 Å². The highest BCUT2D eigenvalue weighted by molar-refractivity contribution is 6.32. The lowest BCUT2D eigenvalue weighted by Gasteiger charge is -2.06. The van der Waals surface area contributed by atoms with Crippen LogP contribution in [0, 0.1) is 0 Å². The van der Waals surface area contributed by atoms with Crippen molar-refractivity contribution in [2.45, 2.75) is 13.1 Å². The van der Waals surface area contributed by atoms with Crippen LogP contribution in [0.25, 0.3) is 0 Å². The summed E-state index contributed by atoms with van der Waals surface area (Å²) in [5.74, 6) is 1.62. The first-order valence-electron chi connectivity index (χ1n) is 5.35. The lowest BCUT2D eigenvalue weighted by Crippen LogP contribution is -2.12. The molecule has 17 heavy (non-hydrogen) atoms. The first kappa shape index (κ1) is 12.0. The second-order valence-electron chi connectivity index (χ2n) is 3.65. The summed E-state index contributed by atoms with van der Waals surface area (Å²) in [5.41, 5.74) is 1.11. The predicted octanol–water partition coefficient (Wildman–Crippen LogP) is 3.23. The molecular formula is C13H14ClNO2. The number of hydrogen-bond donors (Lipinski definition) is 1. The summed E-state index contributed by atoms with van der Waals surface area (Å²) in [6.07, 6.45) is 1.67. The molecule has 1 N–H and O–H groups in total. The molecule has 0 spiro atoms. The van der Waals surface area contributed by atoms with Gasteiger partial charge in [-0.1, -0.05) is 17.7 Å². The van der Waals surface area contributed by atoms with Gasteiger partial charge in [0.1, 0.15) is 11.5 Å². The standard InChI is InChI=1S/C13H14ClNO2/c1-16-13-5-4-10(7-12(13)14)8-15-9-11-3-2-6-17-11/h2-7,15H,8-9H2,1H3. The Bertz CT molecular complexity index is 468. The van der Waals surface area contributed by atoms with Crippen molar-refractivity contribution in [1.29, 1.82) is 0 Å². The number of nitrogens with one attached hydrogen (secondary N) is 1. The van der Waals surface area contributed by atoms with Gasteiger partial charge >= 0.3 is 0 Å². The average Bonchev–Trinajstić information content (AvgIpc) is 2.82. The summed E-state index contributed by atoms with van der Waals surface area (Å²) < 4.78 is 10.3. The Labute approximate surface area is 105 Å². The lowest BCUT2D eigenvalue weighted by atomic mass is 10.2. The fourth-order valence-corrected chi connectivity index (χ4v) is 1.84. The van der Waals surface area contributed by atoms with Crippen LogP contribution in [-0.4, -0.2) is 7.11 Å². The molecule has 1 heterocycles. The Hall–Kier alpha value is -1.45. The average molecular weight is 252 g/mol. The highest BCUT2D eigenvalue weighted by Crippen LogP contribution is 2.24. The van der Waals surface area contributed by atoms with Crippen molar-refractivity contribution < 1.29 is 9.15 Å². The first-order valence-corrected chi connectivity index (χ1v) is 5.73. The third-order valence-electron chi connectivity index (χ3n) is 2.42. The summed E-state index contributed by atoms with van der Waals surface area (Å²) >= 11 is 6.04. The smallest absolute Gasteiger partial charge is 0.137 e. The molecule has 0 unspecified atom stereocenters. The summed E-state index contributed by atoms with van der Waals surface area (Å²) in [4.78, 5) is 0. The molecule has 0 aliphatic carbocycles. The van der Waals surface area contributed by atoms with E-state index < -0.39 is 0 Å². The predicted molar refractivity (Wildman–Crippen MR) is 67.3 cm³/mol. The molecule has 1 aromatic carbocycles. The maximum absolute atomic E-state index is 6.04. The molecule has 0 fully saturated rings. The summed E-state index contributed by atoms with van der Waals surface area (Å²) in [6, 6.07) is 9.57. The quantitative estimate of drug-likeness (QED) is 0.886. The SMILES string of the molecule is COc1ccc(CNCc2ccco2)cc1Cl. The fraction of sp³-hybridized carbons (Fsp3) is 0.231. The highest BCUT2D eigenvalue weighted by Gasteiger charge is 2.02. The van der Waals surface area contributed by atoms with E-state index in [-0.39, 0.29) is 0 Å². The number of halogens is 1. The number of ether oxygens (including phenoxy) is 1. The molecule has 0 bridgehead atoms. The third kappa shape index (κ3) is 3.25. The van der Waals surface area contributed by atoms with Crippen LogP contribution in [0.1, 0.15) is 11.3 Å². The molecular weight excluding hydrogens is 238 g/mol. The molecule has 0 amide bonds. The zero-order valence-electron chi connectivity index (χ0n) is 9.57. The van der Waals surface area contributed by atoms with Gasteiger partial charge in [-0.2, -0.15) is 0 Å². The summed E-state index contributed by atoms with van der Waals surface area (Å²) in [5, 5.41) is 3.91. The Morgan fingerprint density at radius 1 is 1.29 bits per heavy atom. The summed E-state index contributed by atoms with van der Waals surface area (Å²) in [6.45, 7) is 1.45. The van der Waals surface area contributed by atoms with Gasteiger partial charge in [0.2, 0.25) is 0 Å². The van der Waals surface area contributed by atoms with E-state index in [1.54, 1.807) is 13.4 Å². The van der Waals surface area contributed by atoms with Crippen molar-refractivity contribution in [3.63, 3.8) is 0 Å². The molecule has 90 valence electrons. The van der Waals surface area contributed by atoms with Crippen LogP contribution < -0.4 is 10.1 Å². The van der Waals surface area contributed by atoms with E-state index in [1.807, 2.05) is 30.3 Å². The Morgan fingerprint density at radius 2 is 2.18 bits per heavy atom. The van der Waals surface area contributed by atoms with Gasteiger partial charge in [0.15, 0.2) is 0 Å². The molecule has 0 aliphatic rings. The topological polar surface area (TPSA) is 34.4 Å². The van der Waals surface area contributed by atoms with Crippen LogP contribution in [0.5, 0.6) is 5.75 Å². The van der Waals surface area contributed by atoms with Gasteiger partial charge in [-0.3, -0.25) is 0 Å². The second kappa shape index (κ2) is 5.75. The number of rotatable bonds is 5. The van der Waals surface area contributed by atoms with Gasteiger partial charge in [-0.05, 0) is 29.8 Å². The van der Waals surface area contributed by atoms with Gasteiger partial charge < -0.3 is 14.5 Å². The normalized spacial score (nSPS) is 10.5. The van der Waals surface area contributed by atoms with Crippen LogP contribution in [0.4, 0.5) is 0 Å². The van der Waals surface area contributed by atoms with Crippen molar-refractivity contribution in [3.8, 4) is 5.75 Å².